The number of carbonyl (C=O) groups is 1. The summed E-state index contributed by atoms with van der Waals surface area (Å²) in [6, 6.07) is 10.6. The second kappa shape index (κ2) is 6.02. The Morgan fingerprint density at radius 2 is 2.15 bits per heavy atom. The Hall–Kier alpha value is -2.61. The number of nitrogens with one attached hydrogen (secondary N) is 1. The van der Waals surface area contributed by atoms with E-state index in [0.29, 0.717) is 12.0 Å². The van der Waals surface area contributed by atoms with Gasteiger partial charge in [0, 0.05) is 13.2 Å². The maximum Gasteiger partial charge on any atom is 0.256 e. The number of nitrogens with zero attached hydrogens (tertiary/aromatic N) is 3. The van der Waals surface area contributed by atoms with Crippen molar-refractivity contribution in [3.8, 4) is 6.07 Å². The summed E-state index contributed by atoms with van der Waals surface area (Å²) in [7, 11) is 1.77. The van der Waals surface area contributed by atoms with Crippen LogP contribution in [0.25, 0.3) is 0 Å². The molecule has 5 nitrogen and oxygen atoms in total. The van der Waals surface area contributed by atoms with Crippen LogP contribution >= 0.6 is 0 Å². The van der Waals surface area contributed by atoms with Crippen molar-refractivity contribution in [2.75, 3.05) is 0 Å². The van der Waals surface area contributed by atoms with Crippen LogP contribution in [0, 0.1) is 11.3 Å². The number of benzene rings is 1. The molecule has 20 heavy (non-hydrogen) atoms. The maximum atomic E-state index is 12.3. The van der Waals surface area contributed by atoms with Crippen LogP contribution in [-0.2, 0) is 13.5 Å². The van der Waals surface area contributed by atoms with Crippen LogP contribution in [0.4, 0.5) is 0 Å². The molecule has 2 aromatic rings. The molecule has 0 aliphatic heterocycles. The number of rotatable bonds is 4. The number of aryl methyl sites for hydroxylation is 2. The van der Waals surface area contributed by atoms with Crippen LogP contribution in [0.2, 0.25) is 0 Å². The highest BCUT2D eigenvalue weighted by atomic mass is 16.1. The number of amides is 1. The molecule has 1 heterocycles. The summed E-state index contributed by atoms with van der Waals surface area (Å²) in [5, 5.41) is 16.2. The van der Waals surface area contributed by atoms with Crippen LogP contribution in [-0.4, -0.2) is 15.7 Å². The quantitative estimate of drug-likeness (QED) is 0.921. The molecule has 1 amide bonds. The molecule has 0 aliphatic carbocycles. The minimum Gasteiger partial charge on any atom is -0.332 e. The van der Waals surface area contributed by atoms with Gasteiger partial charge in [-0.1, -0.05) is 37.3 Å². The van der Waals surface area contributed by atoms with Gasteiger partial charge in [0.25, 0.3) is 5.91 Å². The predicted molar refractivity (Wildman–Crippen MR) is 74.8 cm³/mol. The Kier molecular flexibility index (Phi) is 4.16. The zero-order chi connectivity index (χ0) is 14.5. The van der Waals surface area contributed by atoms with E-state index in [4.69, 9.17) is 0 Å². The smallest absolute Gasteiger partial charge is 0.256 e. The predicted octanol–water partition coefficient (Wildman–Crippen LogP) is 1.98. The molecule has 0 aliphatic rings. The summed E-state index contributed by atoms with van der Waals surface area (Å²) >= 11 is 0. The van der Waals surface area contributed by atoms with E-state index in [1.54, 1.807) is 17.9 Å². The fourth-order valence-corrected chi connectivity index (χ4v) is 2.03. The van der Waals surface area contributed by atoms with E-state index in [-0.39, 0.29) is 5.91 Å². The maximum absolute atomic E-state index is 12.3. The molecule has 1 unspecified atom stereocenters. The fourth-order valence-electron chi connectivity index (χ4n) is 2.03. The summed E-state index contributed by atoms with van der Waals surface area (Å²) in [5.74, 6) is -0.273. The van der Waals surface area contributed by atoms with Gasteiger partial charge >= 0.3 is 0 Å². The summed E-state index contributed by atoms with van der Waals surface area (Å²) < 4.78 is 1.61. The van der Waals surface area contributed by atoms with E-state index in [9.17, 15) is 10.1 Å². The summed E-state index contributed by atoms with van der Waals surface area (Å²) in [4.78, 5) is 12.3. The molecule has 1 aromatic heterocycles. The molecule has 1 N–H and O–H groups in total. The Labute approximate surface area is 117 Å². The van der Waals surface area contributed by atoms with Crippen molar-refractivity contribution in [3.05, 3.63) is 53.3 Å². The second-order valence-electron chi connectivity index (χ2n) is 4.46. The monoisotopic (exact) mass is 268 g/mol. The van der Waals surface area contributed by atoms with Crippen LogP contribution in [0.5, 0.6) is 0 Å². The van der Waals surface area contributed by atoms with Crippen molar-refractivity contribution >= 4 is 5.91 Å². The number of hydrogen-bond donors (Lipinski definition) is 1. The first-order valence-corrected chi connectivity index (χ1v) is 6.43. The molecule has 0 fully saturated rings. The van der Waals surface area contributed by atoms with Crippen LogP contribution in [0.1, 0.15) is 34.6 Å². The van der Waals surface area contributed by atoms with Gasteiger partial charge < -0.3 is 5.32 Å². The summed E-state index contributed by atoms with van der Waals surface area (Å²) in [5.41, 5.74) is 2.02. The molecule has 0 radical (unpaired) electrons. The first-order chi connectivity index (χ1) is 9.65. The van der Waals surface area contributed by atoms with Crippen LogP contribution in [0.3, 0.4) is 0 Å². The normalized spacial score (nSPS) is 11.7. The van der Waals surface area contributed by atoms with Gasteiger partial charge in [-0.15, -0.1) is 0 Å². The van der Waals surface area contributed by atoms with E-state index in [2.05, 4.69) is 16.5 Å². The van der Waals surface area contributed by atoms with Gasteiger partial charge in [0.05, 0.1) is 17.3 Å². The molecule has 2 rings (SSSR count). The Morgan fingerprint density at radius 3 is 2.75 bits per heavy atom. The molecular weight excluding hydrogens is 252 g/mol. The average molecular weight is 268 g/mol. The Balaban J connectivity index is 2.20. The lowest BCUT2D eigenvalue weighted by Gasteiger charge is -2.11. The minimum absolute atomic E-state index is 0.273. The molecule has 0 spiro atoms. The second-order valence-corrected chi connectivity index (χ2v) is 4.46. The zero-order valence-corrected chi connectivity index (χ0v) is 11.5. The van der Waals surface area contributed by atoms with Gasteiger partial charge in [0.15, 0.2) is 0 Å². The first-order valence-electron chi connectivity index (χ1n) is 6.43. The molecule has 102 valence electrons. The van der Waals surface area contributed by atoms with Crippen LogP contribution < -0.4 is 5.32 Å². The van der Waals surface area contributed by atoms with Crippen molar-refractivity contribution in [2.45, 2.75) is 19.4 Å². The highest BCUT2D eigenvalue weighted by molar-refractivity contribution is 5.95. The Bertz CT molecular complexity index is 640. The topological polar surface area (TPSA) is 70.7 Å². The van der Waals surface area contributed by atoms with Gasteiger partial charge in [-0.25, -0.2) is 0 Å². The van der Waals surface area contributed by atoms with Gasteiger partial charge in [0.2, 0.25) is 0 Å². The van der Waals surface area contributed by atoms with E-state index in [1.807, 2.05) is 37.3 Å². The summed E-state index contributed by atoms with van der Waals surface area (Å²) in [6.07, 6.45) is 2.35. The highest BCUT2D eigenvalue weighted by Crippen LogP contribution is 2.14. The Morgan fingerprint density at radius 1 is 1.45 bits per heavy atom. The van der Waals surface area contributed by atoms with E-state index in [1.165, 1.54) is 0 Å². The van der Waals surface area contributed by atoms with Gasteiger partial charge in [-0.3, -0.25) is 9.48 Å². The van der Waals surface area contributed by atoms with E-state index < -0.39 is 6.04 Å². The first kappa shape index (κ1) is 13.8. The lowest BCUT2D eigenvalue weighted by Crippen LogP contribution is -2.28. The molecule has 0 saturated heterocycles. The van der Waals surface area contributed by atoms with Gasteiger partial charge in [-0.2, -0.15) is 10.4 Å². The third kappa shape index (κ3) is 2.86. The number of carbonyl (C=O) groups excluding carboxylic acids is 1. The third-order valence-corrected chi connectivity index (χ3v) is 3.02. The van der Waals surface area contributed by atoms with Gasteiger partial charge in [0.1, 0.15) is 6.04 Å². The number of nitriles is 1. The van der Waals surface area contributed by atoms with Crippen LogP contribution in [0.15, 0.2) is 36.5 Å². The molecule has 5 heteroatoms. The molecule has 0 bridgehead atoms. The fraction of sp³-hybridized carbons (Fsp3) is 0.267. The van der Waals surface area contributed by atoms with E-state index >= 15 is 0 Å². The van der Waals surface area contributed by atoms with Crippen molar-refractivity contribution in [1.29, 1.82) is 5.26 Å². The molecule has 0 saturated carbocycles. The molecule has 1 atom stereocenters. The minimum atomic E-state index is -0.659. The van der Waals surface area contributed by atoms with Crippen molar-refractivity contribution in [1.82, 2.24) is 15.1 Å². The number of aromatic nitrogens is 2. The summed E-state index contributed by atoms with van der Waals surface area (Å²) in [6.45, 7) is 1.94. The lowest BCUT2D eigenvalue weighted by molar-refractivity contribution is 0.0944. The molecular formula is C15H16N4O. The van der Waals surface area contributed by atoms with Gasteiger partial charge in [-0.05, 0) is 12.0 Å². The number of hydrogen-bond acceptors (Lipinski definition) is 3. The van der Waals surface area contributed by atoms with E-state index in [0.717, 1.165) is 11.3 Å². The van der Waals surface area contributed by atoms with Crippen molar-refractivity contribution in [2.24, 2.45) is 7.05 Å². The largest absolute Gasteiger partial charge is 0.332 e. The standard InChI is InChI=1S/C15H16N4O/c1-3-13-12(10-19(2)18-13)15(20)17-14(9-16)11-7-5-4-6-8-11/h4-8,10,14H,3H2,1-2H3,(H,17,20). The van der Waals surface area contributed by atoms with Crippen molar-refractivity contribution in [3.63, 3.8) is 0 Å². The zero-order valence-electron chi connectivity index (χ0n) is 11.5. The SMILES string of the molecule is CCc1nn(C)cc1C(=O)NC(C#N)c1ccccc1. The third-order valence-electron chi connectivity index (χ3n) is 3.02. The van der Waals surface area contributed by atoms with Crippen molar-refractivity contribution < 1.29 is 4.79 Å². The lowest BCUT2D eigenvalue weighted by atomic mass is 10.1. The average Bonchev–Trinajstić information content (AvgIpc) is 2.86. The highest BCUT2D eigenvalue weighted by Gasteiger charge is 2.19. The molecule has 1 aromatic carbocycles.